The second-order valence-corrected chi connectivity index (χ2v) is 4.71. The van der Waals surface area contributed by atoms with Gasteiger partial charge in [0.1, 0.15) is 10.5 Å². The number of aryl methyl sites for hydroxylation is 1. The molecule has 5 nitrogen and oxygen atoms in total. The number of rotatable bonds is 4. The maximum Gasteiger partial charge on any atom is 0.291 e. The molecule has 0 aliphatic carbocycles. The van der Waals surface area contributed by atoms with Crippen LogP contribution in [-0.4, -0.2) is 16.5 Å². The highest BCUT2D eigenvalue weighted by molar-refractivity contribution is 7.20. The predicted octanol–water partition coefficient (Wildman–Crippen LogP) is 3.52. The lowest BCUT2D eigenvalue weighted by Crippen LogP contribution is -1.91. The Hall–Kier alpha value is -1.95. The first-order valence-electron chi connectivity index (χ1n) is 5.41. The second kappa shape index (κ2) is 4.73. The van der Waals surface area contributed by atoms with Crippen molar-refractivity contribution in [3.05, 3.63) is 39.4 Å². The molecule has 0 saturated carbocycles. The number of nitrogens with zero attached hydrogens (tertiary/aromatic N) is 2. The van der Waals surface area contributed by atoms with Crippen LogP contribution in [0.4, 0.5) is 5.69 Å². The van der Waals surface area contributed by atoms with Gasteiger partial charge in [0, 0.05) is 5.56 Å². The Kier molecular flexibility index (Phi) is 3.29. The number of hydrogen-bond donors (Lipinski definition) is 0. The molecule has 0 radical (unpaired) electrons. The first-order chi connectivity index (χ1) is 8.54. The Balaban J connectivity index is 2.61. The summed E-state index contributed by atoms with van der Waals surface area (Å²) in [6, 6.07) is 3.48. The lowest BCUT2D eigenvalue weighted by Gasteiger charge is -2.00. The molecule has 1 aromatic heterocycles. The first kappa shape index (κ1) is 12.5. The highest BCUT2D eigenvalue weighted by atomic mass is 32.1. The molecule has 6 heteroatoms. The van der Waals surface area contributed by atoms with Crippen molar-refractivity contribution in [2.24, 2.45) is 0 Å². The molecule has 2 rings (SSSR count). The predicted molar refractivity (Wildman–Crippen MR) is 71.7 cm³/mol. The van der Waals surface area contributed by atoms with Gasteiger partial charge in [0.25, 0.3) is 5.69 Å². The topological polar surface area (TPSA) is 65.3 Å². The van der Waals surface area contributed by atoms with Crippen molar-refractivity contribution in [3.63, 3.8) is 0 Å². The van der Waals surface area contributed by atoms with Crippen molar-refractivity contribution in [2.45, 2.75) is 13.8 Å². The maximum absolute atomic E-state index is 11.1. The number of fused-ring (bicyclic) bond motifs is 1. The van der Waals surface area contributed by atoms with E-state index in [-0.39, 0.29) is 10.6 Å². The van der Waals surface area contributed by atoms with Crippen molar-refractivity contribution in [3.8, 4) is 0 Å². The van der Waals surface area contributed by atoms with Crippen LogP contribution < -0.4 is 0 Å². The fraction of sp³-hybridized carbons (Fsp3) is 0.250. The van der Waals surface area contributed by atoms with Crippen molar-refractivity contribution in [1.29, 1.82) is 0 Å². The van der Waals surface area contributed by atoms with E-state index in [0.717, 1.165) is 0 Å². The summed E-state index contributed by atoms with van der Waals surface area (Å²) in [6.07, 6.45) is 0. The number of hydrogen-bond acceptors (Lipinski definition) is 5. The van der Waals surface area contributed by atoms with E-state index in [9.17, 15) is 10.1 Å². The zero-order valence-corrected chi connectivity index (χ0v) is 10.9. The normalized spacial score (nSPS) is 10.6. The minimum Gasteiger partial charge on any atom is -0.491 e. The van der Waals surface area contributed by atoms with Gasteiger partial charge < -0.3 is 4.74 Å². The molecule has 0 bridgehead atoms. The molecule has 94 valence electrons. The average Bonchev–Trinajstić information content (AvgIpc) is 2.72. The Morgan fingerprint density at radius 2 is 2.33 bits per heavy atom. The van der Waals surface area contributed by atoms with Gasteiger partial charge in [0.05, 0.1) is 17.0 Å². The molecule has 0 fully saturated rings. The number of benzene rings is 1. The van der Waals surface area contributed by atoms with Crippen molar-refractivity contribution in [2.75, 3.05) is 6.61 Å². The van der Waals surface area contributed by atoms with Crippen molar-refractivity contribution in [1.82, 2.24) is 4.98 Å². The summed E-state index contributed by atoms with van der Waals surface area (Å²) < 4.78 is 5.84. The van der Waals surface area contributed by atoms with Crippen LogP contribution in [0, 0.1) is 17.0 Å². The number of thiazole rings is 1. The summed E-state index contributed by atoms with van der Waals surface area (Å²) in [4.78, 5) is 15.0. The fourth-order valence-electron chi connectivity index (χ4n) is 1.66. The summed E-state index contributed by atoms with van der Waals surface area (Å²) >= 11 is 1.24. The van der Waals surface area contributed by atoms with Gasteiger partial charge in [-0.3, -0.25) is 10.1 Å². The SMILES string of the molecule is C=C(OCC)c1nc2ccc(C)c([N+](=O)[O-])c2s1. The van der Waals surface area contributed by atoms with E-state index in [1.165, 1.54) is 11.3 Å². The van der Waals surface area contributed by atoms with Crippen LogP contribution in [-0.2, 0) is 4.74 Å². The molecule has 18 heavy (non-hydrogen) atoms. The highest BCUT2D eigenvalue weighted by Gasteiger charge is 2.20. The van der Waals surface area contributed by atoms with Crippen LogP contribution in [0.5, 0.6) is 0 Å². The third-order valence-corrected chi connectivity index (χ3v) is 3.59. The smallest absolute Gasteiger partial charge is 0.291 e. The summed E-state index contributed by atoms with van der Waals surface area (Å²) in [5.41, 5.74) is 1.35. The van der Waals surface area contributed by atoms with E-state index < -0.39 is 0 Å². The molecule has 2 aromatic rings. The molecule has 0 spiro atoms. The first-order valence-corrected chi connectivity index (χ1v) is 6.22. The number of ether oxygens (including phenoxy) is 1. The van der Waals surface area contributed by atoms with Gasteiger partial charge >= 0.3 is 0 Å². The molecule has 0 N–H and O–H groups in total. The molecule has 0 atom stereocenters. The van der Waals surface area contributed by atoms with E-state index in [2.05, 4.69) is 11.6 Å². The number of nitro benzene ring substituents is 1. The van der Waals surface area contributed by atoms with Crippen molar-refractivity contribution < 1.29 is 9.66 Å². The average molecular weight is 264 g/mol. The molecule has 0 amide bonds. The molecule has 0 aliphatic heterocycles. The zero-order chi connectivity index (χ0) is 13.3. The summed E-state index contributed by atoms with van der Waals surface area (Å²) in [7, 11) is 0. The van der Waals surface area contributed by atoms with E-state index in [4.69, 9.17) is 4.74 Å². The summed E-state index contributed by atoms with van der Waals surface area (Å²) in [6.45, 7) is 7.83. The second-order valence-electron chi connectivity index (χ2n) is 3.71. The Morgan fingerprint density at radius 3 is 2.94 bits per heavy atom. The molecular weight excluding hydrogens is 252 g/mol. The highest BCUT2D eigenvalue weighted by Crippen LogP contribution is 2.35. The minimum absolute atomic E-state index is 0.112. The monoisotopic (exact) mass is 264 g/mol. The Bertz CT molecular complexity index is 634. The molecule has 0 aliphatic rings. The van der Waals surface area contributed by atoms with Crippen LogP contribution in [0.1, 0.15) is 17.5 Å². The van der Waals surface area contributed by atoms with Crippen LogP contribution in [0.2, 0.25) is 0 Å². The van der Waals surface area contributed by atoms with Gasteiger partial charge in [-0.2, -0.15) is 0 Å². The largest absolute Gasteiger partial charge is 0.491 e. The van der Waals surface area contributed by atoms with Crippen LogP contribution in [0.3, 0.4) is 0 Å². The minimum atomic E-state index is -0.372. The molecule has 0 unspecified atom stereocenters. The third kappa shape index (κ3) is 2.06. The van der Waals surface area contributed by atoms with Gasteiger partial charge in [-0.25, -0.2) is 4.98 Å². The number of nitro groups is 1. The van der Waals surface area contributed by atoms with Gasteiger partial charge in [0.15, 0.2) is 5.01 Å². The van der Waals surface area contributed by atoms with Crippen LogP contribution >= 0.6 is 11.3 Å². The van der Waals surface area contributed by atoms with Crippen LogP contribution in [0.15, 0.2) is 18.7 Å². The zero-order valence-electron chi connectivity index (χ0n) is 10.1. The Labute approximate surface area is 108 Å². The third-order valence-electron chi connectivity index (χ3n) is 2.47. The summed E-state index contributed by atoms with van der Waals surface area (Å²) in [5, 5.41) is 11.7. The van der Waals surface area contributed by atoms with Gasteiger partial charge in [0.2, 0.25) is 0 Å². The quantitative estimate of drug-likeness (QED) is 0.481. The van der Waals surface area contributed by atoms with E-state index >= 15 is 0 Å². The van der Waals surface area contributed by atoms with E-state index in [0.29, 0.717) is 33.2 Å². The fourth-order valence-corrected chi connectivity index (χ4v) is 2.72. The standard InChI is InChI=1S/C12H12N2O3S/c1-4-17-8(3)12-13-9-6-5-7(2)10(14(15)16)11(9)18-12/h5-6H,3-4H2,1-2H3. The maximum atomic E-state index is 11.1. The summed E-state index contributed by atoms with van der Waals surface area (Å²) in [5.74, 6) is 0.450. The number of aromatic nitrogens is 1. The van der Waals surface area contributed by atoms with E-state index in [1.807, 2.05) is 6.92 Å². The lowest BCUT2D eigenvalue weighted by atomic mass is 10.2. The molecule has 1 aromatic carbocycles. The van der Waals surface area contributed by atoms with E-state index in [1.54, 1.807) is 19.1 Å². The van der Waals surface area contributed by atoms with Gasteiger partial charge in [-0.1, -0.05) is 12.6 Å². The van der Waals surface area contributed by atoms with Crippen LogP contribution in [0.25, 0.3) is 16.0 Å². The molecule has 0 saturated heterocycles. The molecule has 1 heterocycles. The molecular formula is C12H12N2O3S. The van der Waals surface area contributed by atoms with Gasteiger partial charge in [-0.15, -0.1) is 11.3 Å². The lowest BCUT2D eigenvalue weighted by molar-refractivity contribution is -0.383. The van der Waals surface area contributed by atoms with Crippen molar-refractivity contribution >= 4 is 33.0 Å². The Morgan fingerprint density at radius 1 is 1.61 bits per heavy atom. The van der Waals surface area contributed by atoms with Gasteiger partial charge in [-0.05, 0) is 19.9 Å².